The summed E-state index contributed by atoms with van der Waals surface area (Å²) in [6, 6.07) is 0. The van der Waals surface area contributed by atoms with Crippen LogP contribution in [-0.2, 0) is 84.4 Å². The quantitative estimate of drug-likeness (QED) is 0.208. The summed E-state index contributed by atoms with van der Waals surface area (Å²) in [4.78, 5) is 0. The van der Waals surface area contributed by atoms with Crippen molar-refractivity contribution < 1.29 is 84.4 Å². The van der Waals surface area contributed by atoms with Gasteiger partial charge < -0.3 is 47.6 Å². The van der Waals surface area contributed by atoms with Gasteiger partial charge in [0.15, 0.2) is 0 Å². The molecule has 61 heavy (non-hydrogen) atoms. The second kappa shape index (κ2) is 80.8. The maximum Gasteiger partial charge on any atom is 0.0876 e. The molecule has 390 valence electrons. The number of allylic oxidation sites excluding steroid dienone is 1. The van der Waals surface area contributed by atoms with Crippen LogP contribution < -0.4 is 0 Å². The number of rotatable bonds is 4. The first-order chi connectivity index (χ1) is 22.0. The van der Waals surface area contributed by atoms with Crippen molar-refractivity contribution >= 4 is 61.2 Å². The number of hydrogen-bond acceptors (Lipinski definition) is 4. The molecule has 2 radical (unpaired) electrons. The molecule has 0 aromatic heterocycles. The van der Waals surface area contributed by atoms with Crippen LogP contribution in [0.15, 0.2) is 12.3 Å². The van der Waals surface area contributed by atoms with Crippen molar-refractivity contribution in [1.29, 1.82) is 0 Å². The van der Waals surface area contributed by atoms with E-state index in [-0.39, 0.29) is 184 Å². The summed E-state index contributed by atoms with van der Waals surface area (Å²) in [5, 5.41) is 0. The Balaban J connectivity index is -0.0000000286. The van der Waals surface area contributed by atoms with Crippen LogP contribution in [0.5, 0.6) is 0 Å². The van der Waals surface area contributed by atoms with E-state index < -0.39 is 0 Å². The van der Waals surface area contributed by atoms with Crippen LogP contribution in [0.3, 0.4) is 0 Å². The molecular formula is C52H127I3O4Y2-4. The molecule has 4 rings (SSSR count). The standard InChI is InChI=1S/C23H42O3.C5H8O.2C4H10.2C2H5.10CH4.2CH3.I2.HI.2Y/c1-22(2,3)18-12-9-14-25-20(18)16-10-7-13-24-19(16)17-11-8-15-26-21(17)23(4,5)6;1-2-4-6-5-3-1;2*1-3-4-2;2*1-2;;;;;;;;;;;;;1-2;;;/h16-21H,7-15H2,1-6H3;2,4H,1,3,5H2;2*3-4H2,1-2H3;2*1H2,2H3;10*1H4;2*1H3;;1H;;/q;;;;2*-1;;;;;;;;;;;2*-1;;;;. The minimum atomic E-state index is 0. The molecule has 0 aromatic rings. The molecule has 4 aliphatic heterocycles. The van der Waals surface area contributed by atoms with Crippen LogP contribution >= 0.6 is 61.2 Å². The molecule has 0 N–H and O–H groups in total. The van der Waals surface area contributed by atoms with E-state index in [2.05, 4.69) is 120 Å². The van der Waals surface area contributed by atoms with Gasteiger partial charge in [-0.2, -0.15) is 13.8 Å². The molecule has 4 aliphatic rings. The third-order valence-corrected chi connectivity index (χ3v) is 8.78. The largest absolute Gasteiger partial charge is 0.502 e. The van der Waals surface area contributed by atoms with Gasteiger partial charge in [0.25, 0.3) is 0 Å². The molecule has 6 unspecified atom stereocenters. The van der Waals surface area contributed by atoms with Gasteiger partial charge in [0, 0.05) is 134 Å². The van der Waals surface area contributed by atoms with E-state index in [9.17, 15) is 0 Å². The molecule has 0 amide bonds. The van der Waals surface area contributed by atoms with E-state index in [1.165, 1.54) is 70.6 Å². The van der Waals surface area contributed by atoms with Gasteiger partial charge in [0.05, 0.1) is 31.2 Å². The van der Waals surface area contributed by atoms with Crippen LogP contribution in [-0.4, -0.2) is 44.7 Å². The predicted octanol–water partition coefficient (Wildman–Crippen LogP) is 21.7. The van der Waals surface area contributed by atoms with Crippen LogP contribution in [0.2, 0.25) is 0 Å². The fourth-order valence-electron chi connectivity index (χ4n) is 6.29. The monoisotopic (exact) mass is 1370 g/mol. The maximum absolute atomic E-state index is 6.51. The Labute approximate surface area is 488 Å². The summed E-state index contributed by atoms with van der Waals surface area (Å²) < 4.78 is 24.2. The molecule has 4 nitrogen and oxygen atoms in total. The molecule has 4 heterocycles. The number of unbranched alkanes of at least 4 members (excludes halogenated alkanes) is 2. The van der Waals surface area contributed by atoms with Gasteiger partial charge in [-0.25, -0.2) is 0 Å². The first-order valence-electron chi connectivity index (χ1n) is 18.7. The Morgan fingerprint density at radius 3 is 1.13 bits per heavy atom. The average molecular weight is 1380 g/mol. The summed E-state index contributed by atoms with van der Waals surface area (Å²) in [6.45, 7) is 36.5. The first-order valence-corrected chi connectivity index (χ1v) is 25.0. The number of halogens is 3. The van der Waals surface area contributed by atoms with Crippen molar-refractivity contribution in [3.63, 3.8) is 0 Å². The van der Waals surface area contributed by atoms with Crippen molar-refractivity contribution in [3.05, 3.63) is 41.0 Å². The van der Waals surface area contributed by atoms with Gasteiger partial charge in [-0.1, -0.05) is 169 Å². The smallest absolute Gasteiger partial charge is 0.0876 e. The summed E-state index contributed by atoms with van der Waals surface area (Å²) in [5.74, 6) is 1.65. The van der Waals surface area contributed by atoms with Crippen LogP contribution in [0.4, 0.5) is 0 Å². The average Bonchev–Trinajstić information content (AvgIpc) is 3.11. The summed E-state index contributed by atoms with van der Waals surface area (Å²) in [7, 11) is 0. The minimum absolute atomic E-state index is 0. The maximum atomic E-state index is 6.51. The van der Waals surface area contributed by atoms with E-state index in [4.69, 9.17) is 18.9 Å². The van der Waals surface area contributed by atoms with Crippen molar-refractivity contribution in [2.45, 2.75) is 253 Å². The zero-order chi connectivity index (χ0) is 36.0. The Kier molecular flexibility index (Phi) is 160. The molecule has 6 atom stereocenters. The van der Waals surface area contributed by atoms with Gasteiger partial charge in [0.1, 0.15) is 0 Å². The number of ether oxygens (including phenoxy) is 4. The first kappa shape index (κ1) is 120. The zero-order valence-corrected chi connectivity index (χ0v) is 48.6. The Morgan fingerprint density at radius 1 is 0.508 bits per heavy atom. The molecule has 9 heteroatoms. The fourth-order valence-corrected chi connectivity index (χ4v) is 6.29. The van der Waals surface area contributed by atoms with Crippen molar-refractivity contribution in [3.8, 4) is 0 Å². The molecule has 0 bridgehead atoms. The van der Waals surface area contributed by atoms with Gasteiger partial charge >= 0.3 is 0 Å². The van der Waals surface area contributed by atoms with E-state index >= 15 is 0 Å². The molecule has 0 aliphatic carbocycles. The van der Waals surface area contributed by atoms with Crippen molar-refractivity contribution in [2.24, 2.45) is 28.6 Å². The van der Waals surface area contributed by atoms with Crippen LogP contribution in [0, 0.1) is 57.3 Å². The Hall–Kier alpha value is 3.82. The Bertz CT molecular complexity index is 606. The zero-order valence-electron chi connectivity index (χ0n) is 36.3. The third kappa shape index (κ3) is 58.0. The van der Waals surface area contributed by atoms with Crippen LogP contribution in [0.1, 0.15) is 234 Å². The SMILES string of the molecule is C.C.C.C.C.C.C.C.C.C.C1=COCCC1.CC(C)(C)C1CCCOC1C1CCCOC1C1CCCOC1C(C)(C)C.CCCC.CCCC.I.II.[CH2-]C.[CH2-]C.[CH3-].[CH3-].[Y].[Y]. The fraction of sp³-hybridized carbons (Fsp3) is 0.885. The second-order valence-electron chi connectivity index (χ2n) is 14.4. The third-order valence-electron chi connectivity index (χ3n) is 8.78. The van der Waals surface area contributed by atoms with Gasteiger partial charge in [-0.15, -0.1) is 24.0 Å². The molecule has 0 aromatic carbocycles. The van der Waals surface area contributed by atoms with Crippen molar-refractivity contribution in [1.82, 2.24) is 0 Å². The van der Waals surface area contributed by atoms with E-state index in [0.717, 1.165) is 32.8 Å². The Morgan fingerprint density at radius 2 is 0.852 bits per heavy atom. The van der Waals surface area contributed by atoms with Gasteiger partial charge in [0.2, 0.25) is 0 Å². The normalized spacial score (nSPS) is 20.5. The van der Waals surface area contributed by atoms with Gasteiger partial charge in [-0.3, -0.25) is 0 Å². The molecule has 3 fully saturated rings. The summed E-state index contributed by atoms with van der Waals surface area (Å²) in [6.07, 6.45) is 19.7. The molecule has 0 spiro atoms. The molecular weight excluding hydrogens is 1250 g/mol. The van der Waals surface area contributed by atoms with E-state index in [1.807, 2.05) is 6.08 Å². The van der Waals surface area contributed by atoms with E-state index in [0.29, 0.717) is 41.5 Å². The van der Waals surface area contributed by atoms with E-state index in [1.54, 1.807) is 20.1 Å². The topological polar surface area (TPSA) is 36.9 Å². The van der Waals surface area contributed by atoms with Crippen molar-refractivity contribution in [2.75, 3.05) is 26.4 Å². The molecule has 3 saturated heterocycles. The minimum Gasteiger partial charge on any atom is -0.502 e. The summed E-state index contributed by atoms with van der Waals surface area (Å²) >= 11 is 4.24. The summed E-state index contributed by atoms with van der Waals surface area (Å²) in [5.41, 5.74) is 0.451. The predicted molar refractivity (Wildman–Crippen MR) is 317 cm³/mol. The van der Waals surface area contributed by atoms with Crippen LogP contribution in [0.25, 0.3) is 0 Å². The second-order valence-corrected chi connectivity index (χ2v) is 14.4. The molecule has 0 saturated carbocycles. The van der Waals surface area contributed by atoms with Gasteiger partial charge in [-0.05, 0) is 74.2 Å². The number of hydrogen-bond donors (Lipinski definition) is 0.